The summed E-state index contributed by atoms with van der Waals surface area (Å²) in [6.07, 6.45) is -0.816. The average molecular weight is 418 g/mol. The molecule has 3 aromatic carbocycles. The van der Waals surface area contributed by atoms with Crippen LogP contribution in [0.15, 0.2) is 83.3 Å². The molecule has 0 bridgehead atoms. The second-order valence-corrected chi connectivity index (χ2v) is 6.83. The minimum Gasteiger partial charge on any atom is -0.481 e. The molecule has 1 atom stereocenters. The van der Waals surface area contributed by atoms with Crippen molar-refractivity contribution in [3.8, 4) is 5.75 Å². The Morgan fingerprint density at radius 2 is 1.58 bits per heavy atom. The largest absolute Gasteiger partial charge is 0.481 e. The Morgan fingerprint density at radius 1 is 0.903 bits per heavy atom. The molecule has 0 saturated heterocycles. The van der Waals surface area contributed by atoms with Gasteiger partial charge in [0.05, 0.1) is 0 Å². The lowest BCUT2D eigenvalue weighted by Gasteiger charge is -2.15. The molecule has 0 fully saturated rings. The molecule has 0 radical (unpaired) electrons. The smallest absolute Gasteiger partial charge is 0.293 e. The van der Waals surface area contributed by atoms with Gasteiger partial charge in [0.2, 0.25) is 5.76 Å². The van der Waals surface area contributed by atoms with Gasteiger partial charge in [0.25, 0.3) is 11.8 Å². The van der Waals surface area contributed by atoms with Gasteiger partial charge in [0.1, 0.15) is 22.8 Å². The summed E-state index contributed by atoms with van der Waals surface area (Å²) in [5.74, 6) is -0.940. The number of carbonyl (C=O) groups is 2. The van der Waals surface area contributed by atoms with Crippen LogP contribution >= 0.6 is 0 Å². The molecule has 1 unspecified atom stereocenters. The topological polar surface area (TPSA) is 80.6 Å². The summed E-state index contributed by atoms with van der Waals surface area (Å²) >= 11 is 0. The van der Waals surface area contributed by atoms with Crippen molar-refractivity contribution in [3.63, 3.8) is 0 Å². The van der Waals surface area contributed by atoms with Crippen molar-refractivity contribution >= 4 is 34.2 Å². The van der Waals surface area contributed by atoms with Gasteiger partial charge in [0, 0.05) is 11.1 Å². The zero-order valence-electron chi connectivity index (χ0n) is 16.6. The van der Waals surface area contributed by atoms with E-state index in [4.69, 9.17) is 9.15 Å². The van der Waals surface area contributed by atoms with Gasteiger partial charge in [-0.2, -0.15) is 0 Å². The van der Waals surface area contributed by atoms with Crippen molar-refractivity contribution in [2.75, 3.05) is 10.6 Å². The zero-order chi connectivity index (χ0) is 21.8. The molecule has 2 N–H and O–H groups in total. The monoisotopic (exact) mass is 418 g/mol. The summed E-state index contributed by atoms with van der Waals surface area (Å²) in [6.45, 7) is 1.61. The van der Waals surface area contributed by atoms with E-state index in [1.165, 1.54) is 24.3 Å². The van der Waals surface area contributed by atoms with E-state index in [-0.39, 0.29) is 11.4 Å². The number of anilines is 2. The van der Waals surface area contributed by atoms with Crippen LogP contribution in [0, 0.1) is 5.82 Å². The van der Waals surface area contributed by atoms with Gasteiger partial charge in [-0.25, -0.2) is 4.39 Å². The van der Waals surface area contributed by atoms with Gasteiger partial charge in [0.15, 0.2) is 6.10 Å². The Bertz CT molecular complexity index is 1220. The molecule has 31 heavy (non-hydrogen) atoms. The van der Waals surface area contributed by atoms with Gasteiger partial charge in [-0.3, -0.25) is 9.59 Å². The molecule has 7 heteroatoms. The summed E-state index contributed by atoms with van der Waals surface area (Å²) in [7, 11) is 0. The van der Waals surface area contributed by atoms with Crippen molar-refractivity contribution in [1.29, 1.82) is 0 Å². The maximum absolute atomic E-state index is 13.1. The van der Waals surface area contributed by atoms with Crippen LogP contribution in [-0.2, 0) is 4.79 Å². The highest BCUT2D eigenvalue weighted by molar-refractivity contribution is 6.14. The second-order valence-electron chi connectivity index (χ2n) is 6.83. The molecular weight excluding hydrogens is 399 g/mol. The van der Waals surface area contributed by atoms with Crippen molar-refractivity contribution in [1.82, 2.24) is 0 Å². The lowest BCUT2D eigenvalue weighted by molar-refractivity contribution is -0.122. The normalized spacial score (nSPS) is 11.7. The fourth-order valence-corrected chi connectivity index (χ4v) is 3.03. The van der Waals surface area contributed by atoms with Crippen LogP contribution in [0.4, 0.5) is 15.8 Å². The van der Waals surface area contributed by atoms with Crippen molar-refractivity contribution < 1.29 is 23.1 Å². The Balaban J connectivity index is 1.59. The second kappa shape index (κ2) is 8.71. The molecule has 2 amide bonds. The molecule has 0 spiro atoms. The molecular formula is C24H19FN2O4. The van der Waals surface area contributed by atoms with Gasteiger partial charge in [-0.1, -0.05) is 30.3 Å². The molecule has 4 rings (SSSR count). The van der Waals surface area contributed by atoms with Crippen LogP contribution in [-0.4, -0.2) is 17.9 Å². The van der Waals surface area contributed by atoms with E-state index < -0.39 is 23.7 Å². The number of benzene rings is 3. The lowest BCUT2D eigenvalue weighted by atomic mass is 10.2. The third kappa shape index (κ3) is 4.56. The number of carbonyl (C=O) groups excluding carboxylic acids is 2. The first-order valence-corrected chi connectivity index (χ1v) is 9.62. The Kier molecular flexibility index (Phi) is 5.66. The Labute approximate surface area is 177 Å². The molecule has 156 valence electrons. The number of furan rings is 1. The molecule has 0 aliphatic heterocycles. The van der Waals surface area contributed by atoms with Gasteiger partial charge in [-0.15, -0.1) is 0 Å². The van der Waals surface area contributed by atoms with E-state index in [2.05, 4.69) is 10.6 Å². The predicted molar refractivity (Wildman–Crippen MR) is 116 cm³/mol. The minimum atomic E-state index is -0.816. The van der Waals surface area contributed by atoms with Gasteiger partial charge in [-0.05, 0) is 55.5 Å². The van der Waals surface area contributed by atoms with E-state index in [1.807, 2.05) is 6.07 Å². The molecule has 0 saturated carbocycles. The maximum Gasteiger partial charge on any atom is 0.293 e. The van der Waals surface area contributed by atoms with E-state index in [0.717, 1.165) is 0 Å². The van der Waals surface area contributed by atoms with E-state index in [1.54, 1.807) is 55.5 Å². The highest BCUT2D eigenvalue weighted by Crippen LogP contribution is 2.32. The van der Waals surface area contributed by atoms with Crippen molar-refractivity contribution in [3.05, 3.63) is 90.4 Å². The number of rotatable bonds is 6. The Hall–Kier alpha value is -4.13. The summed E-state index contributed by atoms with van der Waals surface area (Å²) in [5, 5.41) is 5.97. The number of para-hydroxylation sites is 2. The van der Waals surface area contributed by atoms with Crippen LogP contribution in [0.5, 0.6) is 5.75 Å². The summed E-state index contributed by atoms with van der Waals surface area (Å²) in [4.78, 5) is 25.6. The lowest BCUT2D eigenvalue weighted by Crippen LogP contribution is -2.30. The van der Waals surface area contributed by atoms with Crippen LogP contribution in [0.2, 0.25) is 0 Å². The van der Waals surface area contributed by atoms with Crippen LogP contribution < -0.4 is 15.4 Å². The van der Waals surface area contributed by atoms with Gasteiger partial charge < -0.3 is 19.8 Å². The standard InChI is InChI=1S/C24H19FN2O4/c1-15(30-18-7-3-2-4-8-18)23(28)27-21-19-9-5-6-10-20(19)31-22(21)24(29)26-17-13-11-16(25)12-14-17/h2-15H,1H3,(H,26,29)(H,27,28). The van der Waals surface area contributed by atoms with E-state index >= 15 is 0 Å². The minimum absolute atomic E-state index is 0.0641. The molecule has 0 aliphatic rings. The molecule has 0 aliphatic carbocycles. The molecule has 6 nitrogen and oxygen atoms in total. The fraction of sp³-hybridized carbons (Fsp3) is 0.0833. The quantitative estimate of drug-likeness (QED) is 0.449. The van der Waals surface area contributed by atoms with Crippen molar-refractivity contribution in [2.24, 2.45) is 0 Å². The number of amides is 2. The zero-order valence-corrected chi connectivity index (χ0v) is 16.6. The predicted octanol–water partition coefficient (Wildman–Crippen LogP) is 5.23. The maximum atomic E-state index is 13.1. The molecule has 4 aromatic rings. The first kappa shape index (κ1) is 20.2. The van der Waals surface area contributed by atoms with E-state index in [9.17, 15) is 14.0 Å². The Morgan fingerprint density at radius 3 is 2.32 bits per heavy atom. The number of nitrogens with one attached hydrogen (secondary N) is 2. The van der Waals surface area contributed by atoms with Crippen LogP contribution in [0.25, 0.3) is 11.0 Å². The number of fused-ring (bicyclic) bond motifs is 1. The SMILES string of the molecule is CC(Oc1ccccc1)C(=O)Nc1c(C(=O)Nc2ccc(F)cc2)oc2ccccc12. The first-order chi connectivity index (χ1) is 15.0. The number of hydrogen-bond acceptors (Lipinski definition) is 4. The third-order valence-electron chi connectivity index (χ3n) is 4.58. The van der Waals surface area contributed by atoms with Crippen LogP contribution in [0.1, 0.15) is 17.5 Å². The summed E-state index contributed by atoms with van der Waals surface area (Å²) in [6, 6.07) is 21.3. The highest BCUT2D eigenvalue weighted by atomic mass is 19.1. The summed E-state index contributed by atoms with van der Waals surface area (Å²) < 4.78 is 24.5. The molecule has 1 heterocycles. The third-order valence-corrected chi connectivity index (χ3v) is 4.58. The fourth-order valence-electron chi connectivity index (χ4n) is 3.03. The number of hydrogen-bond donors (Lipinski definition) is 2. The van der Waals surface area contributed by atoms with Gasteiger partial charge >= 0.3 is 0 Å². The van der Waals surface area contributed by atoms with E-state index in [0.29, 0.717) is 22.4 Å². The highest BCUT2D eigenvalue weighted by Gasteiger charge is 2.25. The number of ether oxygens (including phenoxy) is 1. The summed E-state index contributed by atoms with van der Waals surface area (Å²) in [5.41, 5.74) is 1.08. The van der Waals surface area contributed by atoms with Crippen molar-refractivity contribution in [2.45, 2.75) is 13.0 Å². The van der Waals surface area contributed by atoms with Crippen LogP contribution in [0.3, 0.4) is 0 Å². The molecule has 1 aromatic heterocycles. The number of halogens is 1. The average Bonchev–Trinajstić information content (AvgIpc) is 3.14. The first-order valence-electron chi connectivity index (χ1n) is 9.62.